The van der Waals surface area contributed by atoms with Gasteiger partial charge in [0, 0.05) is 12.6 Å². The Kier molecular flexibility index (Phi) is 4.02. The molecule has 1 N–H and O–H groups in total. The maximum atomic E-state index is 5.20. The third-order valence-electron chi connectivity index (χ3n) is 3.36. The fourth-order valence-corrected chi connectivity index (χ4v) is 2.40. The molecule has 3 heteroatoms. The molecular weight excluding hydrogens is 212 g/mol. The van der Waals surface area contributed by atoms with Gasteiger partial charge in [-0.05, 0) is 44.5 Å². The van der Waals surface area contributed by atoms with Crippen LogP contribution in [-0.2, 0) is 0 Å². The molecule has 1 unspecified atom stereocenters. The van der Waals surface area contributed by atoms with Crippen molar-refractivity contribution in [3.05, 3.63) is 29.8 Å². The largest absolute Gasteiger partial charge is 0.497 e. The first kappa shape index (κ1) is 12.4. The predicted octanol–water partition coefficient (Wildman–Crippen LogP) is 2.40. The topological polar surface area (TPSA) is 24.5 Å². The summed E-state index contributed by atoms with van der Waals surface area (Å²) in [6.07, 6.45) is 1.57. The molecule has 0 aliphatic carbocycles. The van der Waals surface area contributed by atoms with Crippen molar-refractivity contribution >= 4 is 0 Å². The first-order valence-electron chi connectivity index (χ1n) is 6.35. The van der Waals surface area contributed by atoms with Crippen LogP contribution in [0.25, 0.3) is 0 Å². The van der Waals surface area contributed by atoms with Crippen LogP contribution in [0.1, 0.15) is 32.0 Å². The van der Waals surface area contributed by atoms with E-state index in [2.05, 4.69) is 36.2 Å². The summed E-state index contributed by atoms with van der Waals surface area (Å²) in [5.41, 5.74) is 1.32. The first-order valence-corrected chi connectivity index (χ1v) is 6.35. The second-order valence-electron chi connectivity index (χ2n) is 4.81. The van der Waals surface area contributed by atoms with Crippen LogP contribution < -0.4 is 10.1 Å². The molecular formula is C14H22N2O. The average molecular weight is 234 g/mol. The van der Waals surface area contributed by atoms with Gasteiger partial charge in [0.15, 0.2) is 0 Å². The van der Waals surface area contributed by atoms with E-state index in [1.165, 1.54) is 18.5 Å². The molecule has 1 aromatic rings. The van der Waals surface area contributed by atoms with E-state index in [1.54, 1.807) is 7.11 Å². The smallest absolute Gasteiger partial charge is 0.118 e. The molecule has 0 radical (unpaired) electrons. The highest BCUT2D eigenvalue weighted by atomic mass is 16.5. The molecule has 0 bridgehead atoms. The number of benzene rings is 1. The van der Waals surface area contributed by atoms with E-state index in [1.807, 2.05) is 12.1 Å². The van der Waals surface area contributed by atoms with Crippen LogP contribution in [0, 0.1) is 0 Å². The van der Waals surface area contributed by atoms with Crippen molar-refractivity contribution < 1.29 is 4.74 Å². The zero-order valence-corrected chi connectivity index (χ0v) is 10.9. The van der Waals surface area contributed by atoms with Crippen LogP contribution in [0.15, 0.2) is 24.3 Å². The summed E-state index contributed by atoms with van der Waals surface area (Å²) in [5.74, 6) is 0.917. The molecule has 1 aliphatic rings. The Labute approximate surface area is 104 Å². The third kappa shape index (κ3) is 2.79. The summed E-state index contributed by atoms with van der Waals surface area (Å²) in [4.78, 5) is 2.51. The van der Waals surface area contributed by atoms with Gasteiger partial charge in [-0.3, -0.25) is 10.2 Å². The molecule has 1 aromatic carbocycles. The summed E-state index contributed by atoms with van der Waals surface area (Å²) in [6, 6.07) is 8.93. The molecule has 1 atom stereocenters. The number of ether oxygens (including phenoxy) is 1. The van der Waals surface area contributed by atoms with Crippen LogP contribution in [0.2, 0.25) is 0 Å². The number of rotatable bonds is 3. The molecule has 1 saturated heterocycles. The maximum Gasteiger partial charge on any atom is 0.118 e. The Morgan fingerprint density at radius 3 is 2.59 bits per heavy atom. The molecule has 94 valence electrons. The van der Waals surface area contributed by atoms with Crippen LogP contribution in [0.5, 0.6) is 5.75 Å². The zero-order chi connectivity index (χ0) is 12.3. The van der Waals surface area contributed by atoms with Crippen molar-refractivity contribution in [3.8, 4) is 5.75 Å². The molecule has 0 aromatic heterocycles. The van der Waals surface area contributed by atoms with Gasteiger partial charge in [0.1, 0.15) is 5.75 Å². The van der Waals surface area contributed by atoms with E-state index in [0.29, 0.717) is 12.2 Å². The van der Waals surface area contributed by atoms with Gasteiger partial charge in [-0.2, -0.15) is 0 Å². The SMILES string of the molecule is COc1ccc(C2NCCCN2C(C)C)cc1. The molecule has 1 aliphatic heterocycles. The Bertz CT molecular complexity index is 348. The van der Waals surface area contributed by atoms with Gasteiger partial charge in [0.25, 0.3) is 0 Å². The lowest BCUT2D eigenvalue weighted by Crippen LogP contribution is -2.47. The van der Waals surface area contributed by atoms with Crippen molar-refractivity contribution in [2.45, 2.75) is 32.5 Å². The fraction of sp³-hybridized carbons (Fsp3) is 0.571. The second kappa shape index (κ2) is 5.52. The number of methoxy groups -OCH3 is 1. The van der Waals surface area contributed by atoms with E-state index in [9.17, 15) is 0 Å². The molecule has 17 heavy (non-hydrogen) atoms. The van der Waals surface area contributed by atoms with Gasteiger partial charge in [0.05, 0.1) is 13.3 Å². The van der Waals surface area contributed by atoms with Gasteiger partial charge in [-0.25, -0.2) is 0 Å². The molecule has 1 fully saturated rings. The van der Waals surface area contributed by atoms with Crippen LogP contribution in [0.4, 0.5) is 0 Å². The van der Waals surface area contributed by atoms with E-state index in [4.69, 9.17) is 4.74 Å². The van der Waals surface area contributed by atoms with E-state index >= 15 is 0 Å². The summed E-state index contributed by atoms with van der Waals surface area (Å²) in [7, 11) is 1.70. The normalized spacial score (nSPS) is 21.8. The molecule has 2 rings (SSSR count). The van der Waals surface area contributed by atoms with Gasteiger partial charge < -0.3 is 4.74 Å². The molecule has 0 amide bonds. The summed E-state index contributed by atoms with van der Waals surface area (Å²) < 4.78 is 5.20. The third-order valence-corrected chi connectivity index (χ3v) is 3.36. The zero-order valence-electron chi connectivity index (χ0n) is 10.9. The molecule has 3 nitrogen and oxygen atoms in total. The number of nitrogens with zero attached hydrogens (tertiary/aromatic N) is 1. The first-order chi connectivity index (χ1) is 8.22. The molecule has 1 heterocycles. The van der Waals surface area contributed by atoms with Crippen molar-refractivity contribution in [2.75, 3.05) is 20.2 Å². The minimum atomic E-state index is 0.342. The quantitative estimate of drug-likeness (QED) is 0.869. The van der Waals surface area contributed by atoms with E-state index in [0.717, 1.165) is 12.3 Å². The number of hydrogen-bond donors (Lipinski definition) is 1. The summed E-state index contributed by atoms with van der Waals surface area (Å²) >= 11 is 0. The van der Waals surface area contributed by atoms with E-state index in [-0.39, 0.29) is 0 Å². The fourth-order valence-electron chi connectivity index (χ4n) is 2.40. The minimum Gasteiger partial charge on any atom is -0.497 e. The van der Waals surface area contributed by atoms with E-state index < -0.39 is 0 Å². The predicted molar refractivity (Wildman–Crippen MR) is 70.2 cm³/mol. The van der Waals surface area contributed by atoms with Gasteiger partial charge in [0.2, 0.25) is 0 Å². The Morgan fingerprint density at radius 2 is 2.00 bits per heavy atom. The molecule has 0 spiro atoms. The number of hydrogen-bond acceptors (Lipinski definition) is 3. The summed E-state index contributed by atoms with van der Waals surface area (Å²) in [5, 5.41) is 3.59. The van der Waals surface area contributed by atoms with Crippen molar-refractivity contribution in [3.63, 3.8) is 0 Å². The lowest BCUT2D eigenvalue weighted by Gasteiger charge is -2.39. The van der Waals surface area contributed by atoms with Crippen molar-refractivity contribution in [1.29, 1.82) is 0 Å². The van der Waals surface area contributed by atoms with Crippen molar-refractivity contribution in [2.24, 2.45) is 0 Å². The standard InChI is InChI=1S/C14H22N2O/c1-11(2)16-10-4-9-15-14(16)12-5-7-13(17-3)8-6-12/h5-8,11,14-15H,4,9-10H2,1-3H3. The second-order valence-corrected chi connectivity index (χ2v) is 4.81. The monoisotopic (exact) mass is 234 g/mol. The highest BCUT2D eigenvalue weighted by Crippen LogP contribution is 2.25. The number of nitrogens with one attached hydrogen (secondary N) is 1. The summed E-state index contributed by atoms with van der Waals surface area (Å²) in [6.45, 7) is 6.77. The van der Waals surface area contributed by atoms with Gasteiger partial charge in [-0.1, -0.05) is 12.1 Å². The maximum absolute atomic E-state index is 5.20. The van der Waals surface area contributed by atoms with Gasteiger partial charge in [-0.15, -0.1) is 0 Å². The van der Waals surface area contributed by atoms with Crippen LogP contribution >= 0.6 is 0 Å². The Balaban J connectivity index is 2.17. The Hall–Kier alpha value is -1.06. The molecule has 0 saturated carbocycles. The lowest BCUT2D eigenvalue weighted by atomic mass is 10.1. The highest BCUT2D eigenvalue weighted by Gasteiger charge is 2.25. The van der Waals surface area contributed by atoms with Crippen LogP contribution in [0.3, 0.4) is 0 Å². The Morgan fingerprint density at radius 1 is 1.29 bits per heavy atom. The van der Waals surface area contributed by atoms with Gasteiger partial charge >= 0.3 is 0 Å². The lowest BCUT2D eigenvalue weighted by molar-refractivity contribution is 0.0963. The van der Waals surface area contributed by atoms with Crippen molar-refractivity contribution in [1.82, 2.24) is 10.2 Å². The van der Waals surface area contributed by atoms with Crippen LogP contribution in [-0.4, -0.2) is 31.1 Å². The highest BCUT2D eigenvalue weighted by molar-refractivity contribution is 5.29. The average Bonchev–Trinajstić information content (AvgIpc) is 2.39. The minimum absolute atomic E-state index is 0.342.